The highest BCUT2D eigenvalue weighted by molar-refractivity contribution is 7.92. The van der Waals surface area contributed by atoms with Crippen molar-refractivity contribution in [3.05, 3.63) is 71.6 Å². The van der Waals surface area contributed by atoms with Gasteiger partial charge < -0.3 is 4.42 Å². The fraction of sp³-hybridized carbons (Fsp3) is 0.158. The average Bonchev–Trinajstić information content (AvgIpc) is 3.00. The van der Waals surface area contributed by atoms with Crippen LogP contribution in [0.4, 0.5) is 5.69 Å². The summed E-state index contributed by atoms with van der Waals surface area (Å²) in [5.74, 6) is 0.992. The van der Waals surface area contributed by atoms with E-state index in [4.69, 9.17) is 9.68 Å². The van der Waals surface area contributed by atoms with E-state index < -0.39 is 10.0 Å². The second-order valence-electron chi connectivity index (χ2n) is 5.82. The number of aromatic nitrogens is 1. The van der Waals surface area contributed by atoms with E-state index in [9.17, 15) is 8.42 Å². The molecule has 3 aromatic rings. The van der Waals surface area contributed by atoms with Gasteiger partial charge in [0.25, 0.3) is 0 Å². The summed E-state index contributed by atoms with van der Waals surface area (Å²) in [7, 11) is -3.57. The lowest BCUT2D eigenvalue weighted by Crippen LogP contribution is -2.29. The first-order valence-corrected chi connectivity index (χ1v) is 9.73. The van der Waals surface area contributed by atoms with Crippen LogP contribution in [0.3, 0.4) is 0 Å². The number of anilines is 1. The number of hydrogen-bond donors (Lipinski definition) is 0. The molecule has 26 heavy (non-hydrogen) atoms. The molecule has 0 atom stereocenters. The smallest absolute Gasteiger partial charge is 0.232 e. The molecule has 3 rings (SSSR count). The van der Waals surface area contributed by atoms with Crippen LogP contribution in [0.1, 0.15) is 17.0 Å². The number of aryl methyl sites for hydroxylation is 1. The number of sulfonamides is 1. The zero-order chi connectivity index (χ0) is 18.7. The van der Waals surface area contributed by atoms with Gasteiger partial charge in [0.2, 0.25) is 15.9 Å². The van der Waals surface area contributed by atoms with Gasteiger partial charge in [0, 0.05) is 5.56 Å². The number of rotatable bonds is 5. The Labute approximate surface area is 152 Å². The van der Waals surface area contributed by atoms with Gasteiger partial charge in [-0.2, -0.15) is 5.26 Å². The fourth-order valence-corrected chi connectivity index (χ4v) is 3.40. The molecule has 2 aromatic carbocycles. The number of benzene rings is 2. The summed E-state index contributed by atoms with van der Waals surface area (Å²) >= 11 is 0. The zero-order valence-electron chi connectivity index (χ0n) is 14.4. The van der Waals surface area contributed by atoms with Gasteiger partial charge >= 0.3 is 0 Å². The van der Waals surface area contributed by atoms with Crippen molar-refractivity contribution in [2.24, 2.45) is 0 Å². The quantitative estimate of drug-likeness (QED) is 0.689. The highest BCUT2D eigenvalue weighted by Crippen LogP contribution is 2.26. The second kappa shape index (κ2) is 7.02. The third kappa shape index (κ3) is 3.76. The van der Waals surface area contributed by atoms with Crippen LogP contribution in [-0.2, 0) is 16.6 Å². The van der Waals surface area contributed by atoms with E-state index in [1.165, 1.54) is 10.4 Å². The van der Waals surface area contributed by atoms with Crippen molar-refractivity contribution in [1.82, 2.24) is 4.98 Å². The van der Waals surface area contributed by atoms with Crippen molar-refractivity contribution in [2.75, 3.05) is 10.6 Å². The second-order valence-corrected chi connectivity index (χ2v) is 7.73. The third-order valence-electron chi connectivity index (χ3n) is 3.87. The Kier molecular flexibility index (Phi) is 4.78. The molecule has 7 heteroatoms. The predicted molar refractivity (Wildman–Crippen MR) is 98.9 cm³/mol. The minimum Gasteiger partial charge on any atom is -0.441 e. The normalized spacial score (nSPS) is 11.1. The van der Waals surface area contributed by atoms with Crippen molar-refractivity contribution in [3.63, 3.8) is 0 Å². The Morgan fingerprint density at radius 2 is 1.88 bits per heavy atom. The molecule has 0 aliphatic heterocycles. The van der Waals surface area contributed by atoms with Gasteiger partial charge in [-0.3, -0.25) is 4.31 Å². The first-order valence-electron chi connectivity index (χ1n) is 7.88. The van der Waals surface area contributed by atoms with Crippen LogP contribution in [-0.4, -0.2) is 19.7 Å². The molecule has 0 fully saturated rings. The maximum absolute atomic E-state index is 12.3. The largest absolute Gasteiger partial charge is 0.441 e. The van der Waals surface area contributed by atoms with Crippen molar-refractivity contribution in [1.29, 1.82) is 5.26 Å². The van der Waals surface area contributed by atoms with E-state index in [1.807, 2.05) is 36.4 Å². The Morgan fingerprint density at radius 1 is 1.15 bits per heavy atom. The lowest BCUT2D eigenvalue weighted by molar-refractivity contribution is 0.539. The molecule has 0 unspecified atom stereocenters. The number of nitrogens with zero attached hydrogens (tertiary/aromatic N) is 3. The zero-order valence-corrected chi connectivity index (χ0v) is 15.2. The molecule has 0 radical (unpaired) electrons. The Morgan fingerprint density at radius 3 is 2.54 bits per heavy atom. The third-order valence-corrected chi connectivity index (χ3v) is 5.01. The van der Waals surface area contributed by atoms with Crippen LogP contribution >= 0.6 is 0 Å². The Hall–Kier alpha value is -3.11. The lowest BCUT2D eigenvalue weighted by Gasteiger charge is -2.21. The molecular formula is C19H17N3O3S. The van der Waals surface area contributed by atoms with Crippen molar-refractivity contribution in [3.8, 4) is 17.5 Å². The van der Waals surface area contributed by atoms with Gasteiger partial charge in [0.1, 0.15) is 11.5 Å². The van der Waals surface area contributed by atoms with Gasteiger partial charge in [0.05, 0.1) is 30.1 Å². The topological polar surface area (TPSA) is 87.2 Å². The fourth-order valence-electron chi connectivity index (χ4n) is 2.55. The van der Waals surface area contributed by atoms with Crippen LogP contribution < -0.4 is 4.31 Å². The van der Waals surface area contributed by atoms with Crippen LogP contribution in [0.15, 0.2) is 59.0 Å². The summed E-state index contributed by atoms with van der Waals surface area (Å²) in [5.41, 5.74) is 2.14. The molecule has 0 saturated carbocycles. The van der Waals surface area contributed by atoms with E-state index in [0.717, 1.165) is 11.8 Å². The molecule has 0 spiro atoms. The Bertz CT molecular complexity index is 1070. The van der Waals surface area contributed by atoms with Gasteiger partial charge in [0.15, 0.2) is 0 Å². The standard InChI is InChI=1S/C19H17N3O3S/c1-14-18(21-19(25-14)16-8-4-3-5-9-16)13-22(26(2,23)24)17-10-6-7-15(11-17)12-20/h3-11H,13H2,1-2H3. The summed E-state index contributed by atoms with van der Waals surface area (Å²) in [6.07, 6.45) is 1.12. The van der Waals surface area contributed by atoms with Crippen LogP contribution in [0, 0.1) is 18.3 Å². The van der Waals surface area contributed by atoms with Crippen LogP contribution in [0.2, 0.25) is 0 Å². The highest BCUT2D eigenvalue weighted by Gasteiger charge is 2.22. The SMILES string of the molecule is Cc1oc(-c2ccccc2)nc1CN(c1cccc(C#N)c1)S(C)(=O)=O. The van der Waals surface area contributed by atoms with Crippen molar-refractivity contribution in [2.45, 2.75) is 13.5 Å². The summed E-state index contributed by atoms with van der Waals surface area (Å²) in [6, 6.07) is 17.9. The summed E-state index contributed by atoms with van der Waals surface area (Å²) < 4.78 is 31.5. The molecule has 0 saturated heterocycles. The molecule has 0 bridgehead atoms. The molecule has 0 amide bonds. The molecular weight excluding hydrogens is 350 g/mol. The molecule has 6 nitrogen and oxygen atoms in total. The van der Waals surface area contributed by atoms with E-state index in [0.29, 0.717) is 28.6 Å². The van der Waals surface area contributed by atoms with E-state index in [-0.39, 0.29) is 6.54 Å². The van der Waals surface area contributed by atoms with E-state index in [2.05, 4.69) is 4.98 Å². The first-order chi connectivity index (χ1) is 12.4. The number of hydrogen-bond acceptors (Lipinski definition) is 5. The van der Waals surface area contributed by atoms with E-state index in [1.54, 1.807) is 25.1 Å². The molecule has 1 aromatic heterocycles. The Balaban J connectivity index is 1.98. The van der Waals surface area contributed by atoms with Gasteiger partial charge in [-0.05, 0) is 37.3 Å². The van der Waals surface area contributed by atoms with Gasteiger partial charge in [-0.1, -0.05) is 24.3 Å². The van der Waals surface area contributed by atoms with E-state index >= 15 is 0 Å². The lowest BCUT2D eigenvalue weighted by atomic mass is 10.2. The number of nitriles is 1. The van der Waals surface area contributed by atoms with Gasteiger partial charge in [-0.15, -0.1) is 0 Å². The van der Waals surface area contributed by atoms with Crippen LogP contribution in [0.5, 0.6) is 0 Å². The van der Waals surface area contributed by atoms with Crippen LogP contribution in [0.25, 0.3) is 11.5 Å². The maximum atomic E-state index is 12.3. The minimum absolute atomic E-state index is 0.0237. The molecule has 0 N–H and O–H groups in total. The molecule has 0 aliphatic rings. The highest BCUT2D eigenvalue weighted by atomic mass is 32.2. The minimum atomic E-state index is -3.57. The monoisotopic (exact) mass is 367 g/mol. The molecule has 0 aliphatic carbocycles. The summed E-state index contributed by atoms with van der Waals surface area (Å²) in [6.45, 7) is 1.77. The summed E-state index contributed by atoms with van der Waals surface area (Å²) in [4.78, 5) is 4.46. The average molecular weight is 367 g/mol. The predicted octanol–water partition coefficient (Wildman–Crippen LogP) is 3.49. The van der Waals surface area contributed by atoms with Crippen molar-refractivity contribution >= 4 is 15.7 Å². The summed E-state index contributed by atoms with van der Waals surface area (Å²) in [5, 5.41) is 9.06. The maximum Gasteiger partial charge on any atom is 0.232 e. The van der Waals surface area contributed by atoms with Gasteiger partial charge in [-0.25, -0.2) is 13.4 Å². The molecule has 132 valence electrons. The number of oxazole rings is 1. The first kappa shape index (κ1) is 17.7. The molecule has 1 heterocycles. The van der Waals surface area contributed by atoms with Crippen molar-refractivity contribution < 1.29 is 12.8 Å².